The summed E-state index contributed by atoms with van der Waals surface area (Å²) in [7, 11) is 3.24. The fourth-order valence-corrected chi connectivity index (χ4v) is 2.95. The van der Waals surface area contributed by atoms with Crippen LogP contribution in [0.25, 0.3) is 0 Å². The minimum absolute atomic E-state index is 0.261. The fraction of sp³-hybridized carbons (Fsp3) is 0.600. The standard InChI is InChI=1S/C15H22ClNO3/c1-9-5-11(6-10(2)20-9)17-13-8-14(18-3)12(16)7-15(13)19-4/h7-11,17H,5-6H2,1-4H3. The zero-order chi connectivity index (χ0) is 14.7. The first-order chi connectivity index (χ1) is 9.53. The van der Waals surface area contributed by atoms with E-state index in [2.05, 4.69) is 19.2 Å². The molecule has 0 aromatic heterocycles. The number of halogens is 1. The van der Waals surface area contributed by atoms with Crippen molar-refractivity contribution >= 4 is 17.3 Å². The first-order valence-electron chi connectivity index (χ1n) is 6.87. The van der Waals surface area contributed by atoms with Crippen LogP contribution >= 0.6 is 11.6 Å². The molecule has 0 amide bonds. The van der Waals surface area contributed by atoms with Crippen molar-refractivity contribution in [3.8, 4) is 11.5 Å². The summed E-state index contributed by atoms with van der Waals surface area (Å²) in [5, 5.41) is 4.06. The molecule has 112 valence electrons. The van der Waals surface area contributed by atoms with Gasteiger partial charge >= 0.3 is 0 Å². The van der Waals surface area contributed by atoms with Crippen LogP contribution in [-0.4, -0.2) is 32.5 Å². The Hall–Kier alpha value is -1.13. The first-order valence-corrected chi connectivity index (χ1v) is 7.24. The molecule has 2 rings (SSSR count). The van der Waals surface area contributed by atoms with Gasteiger partial charge in [0.2, 0.25) is 0 Å². The number of nitrogens with one attached hydrogen (secondary N) is 1. The van der Waals surface area contributed by atoms with Crippen molar-refractivity contribution in [2.75, 3.05) is 19.5 Å². The predicted molar refractivity (Wildman–Crippen MR) is 81.2 cm³/mol. The van der Waals surface area contributed by atoms with Gasteiger partial charge < -0.3 is 19.5 Å². The van der Waals surface area contributed by atoms with Crippen LogP contribution in [0.1, 0.15) is 26.7 Å². The molecule has 1 heterocycles. The number of rotatable bonds is 4. The summed E-state index contributed by atoms with van der Waals surface area (Å²) < 4.78 is 16.4. The van der Waals surface area contributed by atoms with Gasteiger partial charge in [-0.2, -0.15) is 0 Å². The highest BCUT2D eigenvalue weighted by Crippen LogP contribution is 2.37. The molecule has 0 radical (unpaired) electrons. The van der Waals surface area contributed by atoms with E-state index < -0.39 is 0 Å². The zero-order valence-electron chi connectivity index (χ0n) is 12.4. The molecule has 1 aromatic rings. The van der Waals surface area contributed by atoms with E-state index >= 15 is 0 Å². The lowest BCUT2D eigenvalue weighted by molar-refractivity contribution is -0.0338. The molecule has 0 bridgehead atoms. The molecular weight excluding hydrogens is 278 g/mol. The van der Waals surface area contributed by atoms with Gasteiger partial charge in [0.25, 0.3) is 0 Å². The van der Waals surface area contributed by atoms with Crippen molar-refractivity contribution in [2.45, 2.75) is 44.9 Å². The van der Waals surface area contributed by atoms with Crippen molar-refractivity contribution < 1.29 is 14.2 Å². The quantitative estimate of drug-likeness (QED) is 0.919. The molecule has 5 heteroatoms. The van der Waals surface area contributed by atoms with Gasteiger partial charge in [0.05, 0.1) is 37.1 Å². The first kappa shape index (κ1) is 15.3. The second kappa shape index (κ2) is 6.55. The molecule has 0 aliphatic carbocycles. The molecule has 1 aliphatic heterocycles. The van der Waals surface area contributed by atoms with E-state index in [-0.39, 0.29) is 12.2 Å². The summed E-state index contributed by atoms with van der Waals surface area (Å²) in [6.07, 6.45) is 2.46. The Bertz CT molecular complexity index is 457. The van der Waals surface area contributed by atoms with E-state index in [0.29, 0.717) is 16.8 Å². The third-order valence-corrected chi connectivity index (χ3v) is 3.83. The predicted octanol–water partition coefficient (Wildman–Crippen LogP) is 3.73. The molecule has 0 spiro atoms. The Morgan fingerprint density at radius 2 is 1.70 bits per heavy atom. The largest absolute Gasteiger partial charge is 0.495 e. The van der Waals surface area contributed by atoms with Gasteiger partial charge in [-0.1, -0.05) is 11.6 Å². The lowest BCUT2D eigenvalue weighted by Gasteiger charge is -2.33. The Kier molecular flexibility index (Phi) is 5.00. The van der Waals surface area contributed by atoms with E-state index in [0.717, 1.165) is 24.3 Å². The molecule has 1 aliphatic rings. The van der Waals surface area contributed by atoms with E-state index in [9.17, 15) is 0 Å². The van der Waals surface area contributed by atoms with Crippen LogP contribution in [-0.2, 0) is 4.74 Å². The number of hydrogen-bond acceptors (Lipinski definition) is 4. The second-order valence-corrected chi connectivity index (χ2v) is 5.66. The smallest absolute Gasteiger partial charge is 0.143 e. The third-order valence-electron chi connectivity index (χ3n) is 3.53. The molecule has 20 heavy (non-hydrogen) atoms. The Morgan fingerprint density at radius 3 is 2.25 bits per heavy atom. The third kappa shape index (κ3) is 3.49. The molecule has 1 N–H and O–H groups in total. The van der Waals surface area contributed by atoms with Crippen molar-refractivity contribution in [1.82, 2.24) is 0 Å². The van der Waals surface area contributed by atoms with Crippen LogP contribution in [0.3, 0.4) is 0 Å². The van der Waals surface area contributed by atoms with Crippen LogP contribution in [0.2, 0.25) is 5.02 Å². The summed E-state index contributed by atoms with van der Waals surface area (Å²) in [4.78, 5) is 0. The van der Waals surface area contributed by atoms with E-state index in [1.807, 2.05) is 6.07 Å². The van der Waals surface area contributed by atoms with Gasteiger partial charge in [-0.3, -0.25) is 0 Å². The summed E-state index contributed by atoms with van der Waals surface area (Å²) in [6, 6.07) is 4.01. The molecule has 4 nitrogen and oxygen atoms in total. The van der Waals surface area contributed by atoms with Crippen molar-refractivity contribution in [3.63, 3.8) is 0 Å². The molecule has 0 saturated carbocycles. The monoisotopic (exact) mass is 299 g/mol. The van der Waals surface area contributed by atoms with Gasteiger partial charge in [-0.15, -0.1) is 0 Å². The highest BCUT2D eigenvalue weighted by atomic mass is 35.5. The van der Waals surface area contributed by atoms with Gasteiger partial charge in [0.15, 0.2) is 0 Å². The summed E-state index contributed by atoms with van der Waals surface area (Å²) in [5.74, 6) is 1.37. The normalized spacial score (nSPS) is 26.1. The minimum Gasteiger partial charge on any atom is -0.495 e. The summed E-state index contributed by atoms with van der Waals surface area (Å²) >= 11 is 6.12. The van der Waals surface area contributed by atoms with E-state index in [1.165, 1.54) is 0 Å². The van der Waals surface area contributed by atoms with Gasteiger partial charge in [0, 0.05) is 18.2 Å². The summed E-state index contributed by atoms with van der Waals surface area (Å²) in [5.41, 5.74) is 0.903. The zero-order valence-corrected chi connectivity index (χ0v) is 13.2. The van der Waals surface area contributed by atoms with Crippen molar-refractivity contribution in [3.05, 3.63) is 17.2 Å². The lowest BCUT2D eigenvalue weighted by atomic mass is 9.99. The topological polar surface area (TPSA) is 39.7 Å². The molecule has 1 aromatic carbocycles. The maximum atomic E-state index is 6.12. The average Bonchev–Trinajstić information content (AvgIpc) is 2.39. The van der Waals surface area contributed by atoms with Gasteiger partial charge in [0.1, 0.15) is 11.5 Å². The average molecular weight is 300 g/mol. The fourth-order valence-electron chi connectivity index (χ4n) is 2.72. The Morgan fingerprint density at radius 1 is 1.10 bits per heavy atom. The molecule has 2 unspecified atom stereocenters. The number of hydrogen-bond donors (Lipinski definition) is 1. The van der Waals surface area contributed by atoms with Crippen molar-refractivity contribution in [1.29, 1.82) is 0 Å². The van der Waals surface area contributed by atoms with Crippen LogP contribution in [0.15, 0.2) is 12.1 Å². The molecule has 1 fully saturated rings. The van der Waals surface area contributed by atoms with E-state index in [4.69, 9.17) is 25.8 Å². The van der Waals surface area contributed by atoms with E-state index in [1.54, 1.807) is 20.3 Å². The van der Waals surface area contributed by atoms with Gasteiger partial charge in [-0.25, -0.2) is 0 Å². The highest BCUT2D eigenvalue weighted by molar-refractivity contribution is 6.32. The van der Waals surface area contributed by atoms with Crippen LogP contribution in [0, 0.1) is 0 Å². The Balaban J connectivity index is 2.19. The van der Waals surface area contributed by atoms with Crippen LogP contribution < -0.4 is 14.8 Å². The number of benzene rings is 1. The lowest BCUT2D eigenvalue weighted by Crippen LogP contribution is -2.36. The molecule has 1 saturated heterocycles. The molecular formula is C15H22ClNO3. The number of anilines is 1. The minimum atomic E-state index is 0.261. The van der Waals surface area contributed by atoms with Crippen LogP contribution in [0.5, 0.6) is 11.5 Å². The maximum absolute atomic E-state index is 6.12. The highest BCUT2D eigenvalue weighted by Gasteiger charge is 2.25. The molecule has 2 atom stereocenters. The SMILES string of the molecule is COc1cc(NC2CC(C)OC(C)C2)c(OC)cc1Cl. The Labute approximate surface area is 125 Å². The maximum Gasteiger partial charge on any atom is 0.143 e. The van der Waals surface area contributed by atoms with Crippen LogP contribution in [0.4, 0.5) is 5.69 Å². The second-order valence-electron chi connectivity index (χ2n) is 5.26. The summed E-state index contributed by atoms with van der Waals surface area (Å²) in [6.45, 7) is 4.20. The number of ether oxygens (including phenoxy) is 3. The number of methoxy groups -OCH3 is 2. The van der Waals surface area contributed by atoms with Gasteiger partial charge in [-0.05, 0) is 26.7 Å². The van der Waals surface area contributed by atoms with Crippen molar-refractivity contribution in [2.24, 2.45) is 0 Å².